The Kier molecular flexibility index (Phi) is 11.6. The van der Waals surface area contributed by atoms with Crippen LogP contribution in [0.2, 0.25) is 0 Å². The Hall–Kier alpha value is -3.68. The van der Waals surface area contributed by atoms with Gasteiger partial charge in [0.05, 0.1) is 18.0 Å². The molecule has 0 N–H and O–H groups in total. The third-order valence-corrected chi connectivity index (χ3v) is 9.20. The highest BCUT2D eigenvalue weighted by Crippen LogP contribution is 2.42. The Bertz CT molecular complexity index is 1280. The van der Waals surface area contributed by atoms with Gasteiger partial charge in [0.25, 0.3) is 0 Å². The minimum Gasteiger partial charge on any atom is -0.494 e. The van der Waals surface area contributed by atoms with Gasteiger partial charge in [0.15, 0.2) is 5.75 Å². The first-order chi connectivity index (χ1) is 21.1. The van der Waals surface area contributed by atoms with Gasteiger partial charge in [-0.2, -0.15) is 0 Å². The van der Waals surface area contributed by atoms with E-state index in [4.69, 9.17) is 9.47 Å². The smallest absolute Gasteiger partial charge is 0.237 e. The molecule has 2 fully saturated rings. The van der Waals surface area contributed by atoms with Gasteiger partial charge in [0, 0.05) is 23.7 Å². The van der Waals surface area contributed by atoms with Gasteiger partial charge in [-0.3, -0.25) is 19.2 Å². The Labute approximate surface area is 262 Å². The first-order valence-corrected chi connectivity index (χ1v) is 16.5. The molecule has 2 aromatic carbocycles. The molecule has 4 unspecified atom stereocenters. The number of carbonyl (C=O) groups excluding carboxylic acids is 4. The van der Waals surface area contributed by atoms with E-state index in [1.807, 2.05) is 12.1 Å². The van der Waals surface area contributed by atoms with Crippen LogP contribution in [0.4, 0.5) is 11.4 Å². The lowest BCUT2D eigenvalue weighted by molar-refractivity contribution is -0.123. The molecule has 0 saturated carbocycles. The minimum atomic E-state index is -0.499. The SMILES string of the molecule is CCCCCCCCCCCCOc1ccc(Oc2ccc(N3C(=O)C(C)C(C)C3=O)cc2N2C(=O)C(C)C(C)C2=O)cc1. The predicted octanol–water partition coefficient (Wildman–Crippen LogP) is 8.07. The zero-order valence-electron chi connectivity index (χ0n) is 27.0. The van der Waals surface area contributed by atoms with Crippen LogP contribution in [-0.2, 0) is 19.2 Å². The van der Waals surface area contributed by atoms with Crippen molar-refractivity contribution < 1.29 is 28.7 Å². The van der Waals surface area contributed by atoms with E-state index in [9.17, 15) is 19.2 Å². The van der Waals surface area contributed by atoms with Crippen LogP contribution in [-0.4, -0.2) is 30.2 Å². The number of nitrogens with zero attached hydrogens (tertiary/aromatic N) is 2. The highest BCUT2D eigenvalue weighted by atomic mass is 16.5. The van der Waals surface area contributed by atoms with Gasteiger partial charge >= 0.3 is 0 Å². The number of anilines is 2. The number of imide groups is 2. The van der Waals surface area contributed by atoms with E-state index in [-0.39, 0.29) is 35.1 Å². The molecule has 2 aromatic rings. The molecule has 4 amide bonds. The molecule has 238 valence electrons. The van der Waals surface area contributed by atoms with Gasteiger partial charge in [-0.25, -0.2) is 9.80 Å². The number of amides is 4. The van der Waals surface area contributed by atoms with Crippen molar-refractivity contribution in [1.82, 2.24) is 0 Å². The molecule has 2 aliphatic heterocycles. The lowest BCUT2D eigenvalue weighted by Gasteiger charge is -2.22. The third-order valence-electron chi connectivity index (χ3n) is 9.20. The van der Waals surface area contributed by atoms with Crippen LogP contribution in [0.1, 0.15) is 98.8 Å². The summed E-state index contributed by atoms with van der Waals surface area (Å²) in [6.45, 7) is 9.80. The quantitative estimate of drug-likeness (QED) is 0.142. The molecule has 2 saturated heterocycles. The summed E-state index contributed by atoms with van der Waals surface area (Å²) >= 11 is 0. The fraction of sp³-hybridized carbons (Fsp3) is 0.556. The molecule has 0 radical (unpaired) electrons. The lowest BCUT2D eigenvalue weighted by atomic mass is 10.00. The maximum absolute atomic E-state index is 13.2. The van der Waals surface area contributed by atoms with E-state index >= 15 is 0 Å². The summed E-state index contributed by atoms with van der Waals surface area (Å²) in [7, 11) is 0. The number of carbonyl (C=O) groups is 4. The summed E-state index contributed by atoms with van der Waals surface area (Å²) in [6.07, 6.45) is 12.7. The molecule has 4 rings (SSSR count). The number of rotatable bonds is 16. The number of hydrogen-bond acceptors (Lipinski definition) is 6. The third kappa shape index (κ3) is 7.51. The maximum Gasteiger partial charge on any atom is 0.237 e. The summed E-state index contributed by atoms with van der Waals surface area (Å²) in [5.74, 6) is -1.70. The van der Waals surface area contributed by atoms with Crippen molar-refractivity contribution in [3.05, 3.63) is 42.5 Å². The fourth-order valence-corrected chi connectivity index (χ4v) is 5.80. The van der Waals surface area contributed by atoms with E-state index in [2.05, 4.69) is 6.92 Å². The predicted molar refractivity (Wildman–Crippen MR) is 172 cm³/mol. The van der Waals surface area contributed by atoms with Crippen LogP contribution >= 0.6 is 0 Å². The first-order valence-electron chi connectivity index (χ1n) is 16.5. The van der Waals surface area contributed by atoms with E-state index in [1.165, 1.54) is 57.4 Å². The number of hydrogen-bond donors (Lipinski definition) is 0. The van der Waals surface area contributed by atoms with E-state index in [0.717, 1.165) is 28.4 Å². The Balaban J connectivity index is 1.39. The molecule has 2 aliphatic rings. The van der Waals surface area contributed by atoms with Crippen molar-refractivity contribution in [2.24, 2.45) is 23.7 Å². The monoisotopic (exact) mass is 604 g/mol. The standard InChI is InChI=1S/C36H48N2O6/c1-6-7-8-9-10-11-12-13-14-15-22-43-29-17-19-30(20-18-29)44-32-21-16-28(37-33(39)24(2)25(3)34(37)40)23-31(32)38-35(41)26(4)27(5)36(38)42/h16-21,23-27H,6-15,22H2,1-5H3. The van der Waals surface area contributed by atoms with Gasteiger partial charge in [-0.1, -0.05) is 92.4 Å². The lowest BCUT2D eigenvalue weighted by Crippen LogP contribution is -2.33. The summed E-state index contributed by atoms with van der Waals surface area (Å²) in [6, 6.07) is 12.0. The molecular weight excluding hydrogens is 556 g/mol. The minimum absolute atomic E-state index is 0.211. The average molecular weight is 605 g/mol. The molecule has 8 heteroatoms. The van der Waals surface area contributed by atoms with E-state index in [0.29, 0.717) is 18.0 Å². The Morgan fingerprint density at radius 1 is 0.568 bits per heavy atom. The van der Waals surface area contributed by atoms with Crippen molar-refractivity contribution >= 4 is 35.0 Å². The molecule has 0 aromatic heterocycles. The largest absolute Gasteiger partial charge is 0.494 e. The molecule has 0 bridgehead atoms. The zero-order chi connectivity index (χ0) is 31.8. The van der Waals surface area contributed by atoms with Crippen LogP contribution in [0, 0.1) is 23.7 Å². The summed E-state index contributed by atoms with van der Waals surface area (Å²) < 4.78 is 12.1. The van der Waals surface area contributed by atoms with Crippen LogP contribution in [0.25, 0.3) is 0 Å². The summed E-state index contributed by atoms with van der Waals surface area (Å²) in [5.41, 5.74) is 0.518. The van der Waals surface area contributed by atoms with Crippen LogP contribution in [0.15, 0.2) is 42.5 Å². The van der Waals surface area contributed by atoms with E-state index < -0.39 is 23.7 Å². The summed E-state index contributed by atoms with van der Waals surface area (Å²) in [4.78, 5) is 54.4. The second-order valence-corrected chi connectivity index (χ2v) is 12.4. The van der Waals surface area contributed by atoms with Gasteiger partial charge in [0.1, 0.15) is 11.5 Å². The van der Waals surface area contributed by atoms with Gasteiger partial charge < -0.3 is 9.47 Å². The van der Waals surface area contributed by atoms with Gasteiger partial charge in [0.2, 0.25) is 23.6 Å². The number of benzene rings is 2. The molecular formula is C36H48N2O6. The molecule has 2 heterocycles. The Morgan fingerprint density at radius 2 is 1.02 bits per heavy atom. The molecule has 0 spiro atoms. The van der Waals surface area contributed by atoms with Gasteiger partial charge in [-0.05, 0) is 48.9 Å². The highest BCUT2D eigenvalue weighted by molar-refractivity contribution is 6.24. The molecule has 8 nitrogen and oxygen atoms in total. The fourth-order valence-electron chi connectivity index (χ4n) is 5.80. The van der Waals surface area contributed by atoms with Crippen LogP contribution < -0.4 is 19.3 Å². The molecule has 4 atom stereocenters. The van der Waals surface area contributed by atoms with Crippen LogP contribution in [0.5, 0.6) is 17.2 Å². The van der Waals surface area contributed by atoms with Crippen molar-refractivity contribution in [2.75, 3.05) is 16.4 Å². The summed E-state index contributed by atoms with van der Waals surface area (Å²) in [5, 5.41) is 0. The van der Waals surface area contributed by atoms with Crippen molar-refractivity contribution in [3.63, 3.8) is 0 Å². The second-order valence-electron chi connectivity index (χ2n) is 12.4. The Morgan fingerprint density at radius 3 is 1.55 bits per heavy atom. The van der Waals surface area contributed by atoms with Gasteiger partial charge in [-0.15, -0.1) is 0 Å². The molecule has 0 aliphatic carbocycles. The normalized spacial score (nSPS) is 21.9. The average Bonchev–Trinajstić information content (AvgIpc) is 3.34. The number of ether oxygens (including phenoxy) is 2. The zero-order valence-corrected chi connectivity index (χ0v) is 27.0. The highest BCUT2D eigenvalue weighted by Gasteiger charge is 2.46. The van der Waals surface area contributed by atoms with Crippen molar-refractivity contribution in [1.29, 1.82) is 0 Å². The van der Waals surface area contributed by atoms with E-state index in [1.54, 1.807) is 52.0 Å². The second kappa shape index (κ2) is 15.4. The number of unbranched alkanes of at least 4 members (excludes halogenated alkanes) is 9. The van der Waals surface area contributed by atoms with Crippen molar-refractivity contribution in [2.45, 2.75) is 98.8 Å². The van der Waals surface area contributed by atoms with Crippen molar-refractivity contribution in [3.8, 4) is 17.2 Å². The topological polar surface area (TPSA) is 93.2 Å². The first kappa shape index (κ1) is 33.2. The maximum atomic E-state index is 13.2. The molecule has 44 heavy (non-hydrogen) atoms. The van der Waals surface area contributed by atoms with Crippen LogP contribution in [0.3, 0.4) is 0 Å².